The Labute approximate surface area is 161 Å². The molecule has 0 fully saturated rings. The molecule has 152 valence electrons. The van der Waals surface area contributed by atoms with E-state index in [-0.39, 0.29) is 21.7 Å². The highest BCUT2D eigenvalue weighted by Gasteiger charge is 2.41. The van der Waals surface area contributed by atoms with Gasteiger partial charge in [0.1, 0.15) is 0 Å². The van der Waals surface area contributed by atoms with Crippen LogP contribution in [0.2, 0.25) is 0 Å². The highest BCUT2D eigenvalue weighted by atomic mass is 32.2. The van der Waals surface area contributed by atoms with Crippen molar-refractivity contribution in [1.82, 2.24) is 14.5 Å². The molecule has 0 bridgehead atoms. The molecule has 29 heavy (non-hydrogen) atoms. The summed E-state index contributed by atoms with van der Waals surface area (Å²) in [5.74, 6) is -2.91. The number of hydrogen-bond acceptors (Lipinski definition) is 6. The molecule has 0 radical (unpaired) electrons. The van der Waals surface area contributed by atoms with Crippen molar-refractivity contribution in [2.75, 3.05) is 6.26 Å². The SMILES string of the molecule is CS(=O)(=O)c1ccc(C(=O)c2cc(C(=O)C(F)(F)F)n(-c3cnn(O)c3)c2)cc1. The maximum absolute atomic E-state index is 13.0. The monoisotopic (exact) mass is 427 g/mol. The zero-order chi connectivity index (χ0) is 21.6. The van der Waals surface area contributed by atoms with Crippen LogP contribution in [0.4, 0.5) is 13.2 Å². The average molecular weight is 427 g/mol. The van der Waals surface area contributed by atoms with Crippen LogP contribution in [-0.2, 0) is 9.84 Å². The second-order valence-corrected chi connectivity index (χ2v) is 8.07. The molecule has 0 saturated carbocycles. The van der Waals surface area contributed by atoms with Crippen molar-refractivity contribution in [2.45, 2.75) is 11.1 Å². The molecule has 3 aromatic rings. The third-order valence-electron chi connectivity index (χ3n) is 3.95. The predicted molar refractivity (Wildman–Crippen MR) is 92.1 cm³/mol. The van der Waals surface area contributed by atoms with Crippen LogP contribution in [0.15, 0.2) is 53.8 Å². The van der Waals surface area contributed by atoms with Crippen molar-refractivity contribution in [3.8, 4) is 5.69 Å². The minimum Gasteiger partial charge on any atom is -0.412 e. The lowest BCUT2D eigenvalue weighted by Gasteiger charge is -2.07. The molecule has 0 spiro atoms. The van der Waals surface area contributed by atoms with Crippen LogP contribution in [0.25, 0.3) is 5.69 Å². The van der Waals surface area contributed by atoms with Gasteiger partial charge in [-0.3, -0.25) is 9.59 Å². The highest BCUT2D eigenvalue weighted by molar-refractivity contribution is 7.90. The number of carbonyl (C=O) groups is 2. The van der Waals surface area contributed by atoms with Gasteiger partial charge in [0.15, 0.2) is 15.6 Å². The van der Waals surface area contributed by atoms with E-state index in [0.29, 0.717) is 4.85 Å². The Bertz CT molecular complexity index is 1210. The largest absolute Gasteiger partial charge is 0.456 e. The summed E-state index contributed by atoms with van der Waals surface area (Å²) in [4.78, 5) is 24.7. The van der Waals surface area contributed by atoms with E-state index in [4.69, 9.17) is 0 Å². The van der Waals surface area contributed by atoms with Crippen LogP contribution in [-0.4, -0.2) is 52.1 Å². The number of alkyl halides is 3. The summed E-state index contributed by atoms with van der Waals surface area (Å²) in [5.41, 5.74) is -1.15. The zero-order valence-corrected chi connectivity index (χ0v) is 15.4. The molecule has 8 nitrogen and oxygen atoms in total. The zero-order valence-electron chi connectivity index (χ0n) is 14.6. The first-order valence-electron chi connectivity index (χ1n) is 7.81. The molecular weight excluding hydrogens is 415 g/mol. The van der Waals surface area contributed by atoms with Crippen molar-refractivity contribution in [3.63, 3.8) is 0 Å². The summed E-state index contributed by atoms with van der Waals surface area (Å²) in [5, 5.41) is 12.7. The van der Waals surface area contributed by atoms with E-state index in [1.165, 1.54) is 24.3 Å². The second kappa shape index (κ2) is 6.88. The van der Waals surface area contributed by atoms with Crippen LogP contribution >= 0.6 is 0 Å². The number of halogens is 3. The van der Waals surface area contributed by atoms with Gasteiger partial charge in [-0.2, -0.15) is 13.2 Å². The van der Waals surface area contributed by atoms with Gasteiger partial charge in [-0.15, -0.1) is 9.94 Å². The fourth-order valence-electron chi connectivity index (χ4n) is 2.57. The molecule has 0 saturated heterocycles. The second-order valence-electron chi connectivity index (χ2n) is 6.06. The van der Waals surface area contributed by atoms with Crippen molar-refractivity contribution >= 4 is 21.4 Å². The molecule has 0 unspecified atom stereocenters. The third-order valence-corrected chi connectivity index (χ3v) is 5.08. The molecule has 0 atom stereocenters. The fourth-order valence-corrected chi connectivity index (χ4v) is 3.20. The molecule has 2 heterocycles. The summed E-state index contributed by atoms with van der Waals surface area (Å²) < 4.78 is 62.6. The van der Waals surface area contributed by atoms with E-state index >= 15 is 0 Å². The molecule has 2 aromatic heterocycles. The molecule has 12 heteroatoms. The number of nitrogens with zero attached hydrogens (tertiary/aromatic N) is 3. The van der Waals surface area contributed by atoms with Crippen molar-refractivity contribution in [2.24, 2.45) is 0 Å². The smallest absolute Gasteiger partial charge is 0.412 e. The van der Waals surface area contributed by atoms with Crippen LogP contribution in [0.5, 0.6) is 0 Å². The topological polar surface area (TPSA) is 111 Å². The molecule has 0 amide bonds. The minimum atomic E-state index is -5.19. The number of benzene rings is 1. The number of sulfone groups is 1. The lowest BCUT2D eigenvalue weighted by molar-refractivity contribution is -0.0889. The lowest BCUT2D eigenvalue weighted by Crippen LogP contribution is -2.25. The Kier molecular flexibility index (Phi) is 4.82. The number of hydrogen-bond donors (Lipinski definition) is 1. The summed E-state index contributed by atoms with van der Waals surface area (Å²) in [6, 6.07) is 5.59. The maximum Gasteiger partial charge on any atom is 0.456 e. The van der Waals surface area contributed by atoms with Crippen molar-refractivity contribution in [3.05, 3.63) is 65.7 Å². The Morgan fingerprint density at radius 3 is 2.17 bits per heavy atom. The van der Waals surface area contributed by atoms with Crippen molar-refractivity contribution < 1.29 is 36.4 Å². The average Bonchev–Trinajstić information content (AvgIpc) is 3.25. The predicted octanol–water partition coefficient (Wildman–Crippen LogP) is 2.29. The van der Waals surface area contributed by atoms with Gasteiger partial charge in [0.25, 0.3) is 5.78 Å². The van der Waals surface area contributed by atoms with E-state index < -0.39 is 33.3 Å². The van der Waals surface area contributed by atoms with E-state index in [1.807, 2.05) is 0 Å². The van der Waals surface area contributed by atoms with Gasteiger partial charge < -0.3 is 9.77 Å². The summed E-state index contributed by atoms with van der Waals surface area (Å²) in [7, 11) is -3.49. The first kappa shape index (κ1) is 20.3. The number of rotatable bonds is 5. The molecule has 3 rings (SSSR count). The van der Waals surface area contributed by atoms with E-state index in [2.05, 4.69) is 5.10 Å². The maximum atomic E-state index is 13.0. The molecular formula is C17H12F3N3O5S. The Hall–Kier alpha value is -3.41. The first-order chi connectivity index (χ1) is 13.4. The van der Waals surface area contributed by atoms with Gasteiger partial charge in [-0.05, 0) is 30.3 Å². The molecule has 0 aliphatic rings. The van der Waals surface area contributed by atoms with Crippen LogP contribution in [0.3, 0.4) is 0 Å². The van der Waals surface area contributed by atoms with E-state index in [1.54, 1.807) is 0 Å². The fraction of sp³-hybridized carbons (Fsp3) is 0.118. The Morgan fingerprint density at radius 1 is 1.07 bits per heavy atom. The van der Waals surface area contributed by atoms with Gasteiger partial charge >= 0.3 is 6.18 Å². The summed E-state index contributed by atoms with van der Waals surface area (Å²) >= 11 is 0. The molecule has 0 aliphatic heterocycles. The number of Topliss-reactive ketones (excluding diaryl/α,β-unsaturated/α-hetero) is 1. The van der Waals surface area contributed by atoms with Gasteiger partial charge in [0.05, 0.1) is 28.7 Å². The standard InChI is InChI=1S/C17H12F3N3O5S/c1-29(27,28)13-4-2-10(3-5-13)15(24)11-6-14(16(25)17(18,19)20)22(8-11)12-7-21-23(26)9-12/h2-9,26H,1H3. The number of ketones is 2. The van der Waals surface area contributed by atoms with Crippen LogP contribution in [0, 0.1) is 0 Å². The summed E-state index contributed by atoms with van der Waals surface area (Å²) in [6.45, 7) is 0. The van der Waals surface area contributed by atoms with E-state index in [0.717, 1.165) is 35.5 Å². The van der Waals surface area contributed by atoms with Crippen LogP contribution < -0.4 is 0 Å². The van der Waals surface area contributed by atoms with Crippen molar-refractivity contribution in [1.29, 1.82) is 0 Å². The summed E-state index contributed by atoms with van der Waals surface area (Å²) in [6.07, 6.45) is -1.25. The van der Waals surface area contributed by atoms with Gasteiger partial charge in [-0.25, -0.2) is 8.42 Å². The normalized spacial score (nSPS) is 12.1. The molecule has 0 aliphatic carbocycles. The van der Waals surface area contributed by atoms with Gasteiger partial charge in [0.2, 0.25) is 0 Å². The lowest BCUT2D eigenvalue weighted by atomic mass is 10.1. The molecule has 1 aromatic carbocycles. The first-order valence-corrected chi connectivity index (χ1v) is 9.70. The minimum absolute atomic E-state index is 0.0124. The number of aromatic nitrogens is 3. The Morgan fingerprint density at radius 2 is 1.69 bits per heavy atom. The van der Waals surface area contributed by atoms with Gasteiger partial charge in [0, 0.05) is 23.6 Å². The highest BCUT2D eigenvalue weighted by Crippen LogP contribution is 2.26. The van der Waals surface area contributed by atoms with Crippen LogP contribution in [0.1, 0.15) is 26.4 Å². The van der Waals surface area contributed by atoms with E-state index in [9.17, 15) is 36.4 Å². The third kappa shape index (κ3) is 4.06. The molecule has 1 N–H and O–H groups in total. The Balaban J connectivity index is 2.07. The quantitative estimate of drug-likeness (QED) is 0.494. The van der Waals surface area contributed by atoms with Gasteiger partial charge in [-0.1, -0.05) is 0 Å². The number of carbonyl (C=O) groups excluding carboxylic acids is 2.